The van der Waals surface area contributed by atoms with E-state index in [-0.39, 0.29) is 18.0 Å². The summed E-state index contributed by atoms with van der Waals surface area (Å²) in [4.78, 5) is 23.2. The molecule has 0 unspecified atom stereocenters. The second-order valence-corrected chi connectivity index (χ2v) is 6.92. The number of carboxylic acids is 1. The molecule has 0 saturated carbocycles. The van der Waals surface area contributed by atoms with E-state index in [1.165, 1.54) is 0 Å². The maximum atomic E-state index is 13.7. The lowest BCUT2D eigenvalue weighted by Crippen LogP contribution is -2.31. The Morgan fingerprint density at radius 2 is 2.13 bits per heavy atom. The largest absolute Gasteiger partial charge is 0.478 e. The molecule has 126 valence electrons. The van der Waals surface area contributed by atoms with Crippen LogP contribution >= 0.6 is 0 Å². The molecule has 0 aromatic heterocycles. The molecular formula is C14H17FN2O5S. The molecule has 1 aliphatic heterocycles. The van der Waals surface area contributed by atoms with Gasteiger partial charge in [0.2, 0.25) is 15.9 Å². The lowest BCUT2D eigenvalue weighted by molar-refractivity contribution is -0.127. The van der Waals surface area contributed by atoms with Gasteiger partial charge in [-0.2, -0.15) is 0 Å². The first-order valence-electron chi connectivity index (χ1n) is 7.11. The average Bonchev–Trinajstić information content (AvgIpc) is 2.89. The van der Waals surface area contributed by atoms with E-state index in [1.807, 2.05) is 0 Å². The zero-order chi connectivity index (χ0) is 17.0. The van der Waals surface area contributed by atoms with Crippen LogP contribution in [0.4, 0.5) is 4.39 Å². The van der Waals surface area contributed by atoms with Gasteiger partial charge >= 0.3 is 5.97 Å². The second-order valence-electron chi connectivity index (χ2n) is 5.19. The third kappa shape index (κ3) is 4.26. The minimum Gasteiger partial charge on any atom is -0.478 e. The molecule has 1 aliphatic rings. The van der Waals surface area contributed by atoms with Crippen LogP contribution in [0.5, 0.6) is 0 Å². The molecule has 1 aromatic rings. The van der Waals surface area contributed by atoms with Gasteiger partial charge in [0.25, 0.3) is 0 Å². The number of aromatic carboxylic acids is 1. The van der Waals surface area contributed by atoms with Crippen LogP contribution in [0.1, 0.15) is 29.6 Å². The predicted octanol–water partition coefficient (Wildman–Crippen LogP) is 0.815. The number of hydrogen-bond acceptors (Lipinski definition) is 4. The Morgan fingerprint density at radius 3 is 2.74 bits per heavy atom. The van der Waals surface area contributed by atoms with E-state index in [0.29, 0.717) is 25.9 Å². The third-order valence-corrected chi connectivity index (χ3v) is 5.01. The summed E-state index contributed by atoms with van der Waals surface area (Å²) in [6.45, 7) is 1.13. The summed E-state index contributed by atoms with van der Waals surface area (Å²) in [5.41, 5.74) is -0.311. The van der Waals surface area contributed by atoms with E-state index < -0.39 is 26.7 Å². The van der Waals surface area contributed by atoms with Crippen LogP contribution in [-0.4, -0.2) is 49.9 Å². The van der Waals surface area contributed by atoms with Crippen molar-refractivity contribution in [2.75, 3.05) is 19.6 Å². The first-order valence-corrected chi connectivity index (χ1v) is 8.60. The van der Waals surface area contributed by atoms with Gasteiger partial charge in [-0.1, -0.05) is 0 Å². The van der Waals surface area contributed by atoms with Crippen LogP contribution in [0, 0.1) is 5.82 Å². The highest BCUT2D eigenvalue weighted by Crippen LogP contribution is 2.16. The molecule has 2 rings (SSSR count). The Balaban J connectivity index is 1.97. The summed E-state index contributed by atoms with van der Waals surface area (Å²) in [7, 11) is -4.15. The molecule has 2 N–H and O–H groups in total. The number of carboxylic acid groups (broad SMARTS) is 1. The predicted molar refractivity (Wildman–Crippen MR) is 79.0 cm³/mol. The maximum Gasteiger partial charge on any atom is 0.335 e. The standard InChI is InChI=1S/C14H17FN2O5S/c15-11-5-4-10(14(19)20)9-12(11)23(21,22)16-6-2-8-17-7-1-3-13(17)18/h4-5,9,16H,1-3,6-8H2,(H,19,20). The minimum atomic E-state index is -4.15. The SMILES string of the molecule is O=C(O)c1ccc(F)c(S(=O)(=O)NCCCN2CCCC2=O)c1. The summed E-state index contributed by atoms with van der Waals surface area (Å²) >= 11 is 0. The van der Waals surface area contributed by atoms with E-state index in [9.17, 15) is 22.4 Å². The summed E-state index contributed by atoms with van der Waals surface area (Å²) in [6, 6.07) is 2.58. The topological polar surface area (TPSA) is 104 Å². The van der Waals surface area contributed by atoms with Gasteiger partial charge < -0.3 is 10.0 Å². The normalized spacial score (nSPS) is 15.2. The Morgan fingerprint density at radius 1 is 1.39 bits per heavy atom. The lowest BCUT2D eigenvalue weighted by atomic mass is 10.2. The van der Waals surface area contributed by atoms with Crippen molar-refractivity contribution in [3.05, 3.63) is 29.6 Å². The molecule has 1 fully saturated rings. The van der Waals surface area contributed by atoms with Crippen LogP contribution in [0.2, 0.25) is 0 Å². The molecule has 23 heavy (non-hydrogen) atoms. The molecule has 0 bridgehead atoms. The van der Waals surface area contributed by atoms with Crippen LogP contribution < -0.4 is 4.72 Å². The van der Waals surface area contributed by atoms with Crippen LogP contribution in [0.25, 0.3) is 0 Å². The first kappa shape index (κ1) is 17.4. The molecule has 1 amide bonds. The lowest BCUT2D eigenvalue weighted by Gasteiger charge is -2.15. The Bertz CT molecular complexity index is 720. The highest BCUT2D eigenvalue weighted by Gasteiger charge is 2.22. The number of rotatable bonds is 7. The number of carbonyl (C=O) groups is 2. The number of nitrogens with one attached hydrogen (secondary N) is 1. The van der Waals surface area contributed by atoms with Crippen molar-refractivity contribution in [2.24, 2.45) is 0 Å². The van der Waals surface area contributed by atoms with Gasteiger partial charge in [-0.3, -0.25) is 4.79 Å². The number of carbonyl (C=O) groups excluding carboxylic acids is 1. The monoisotopic (exact) mass is 344 g/mol. The van der Waals surface area contributed by atoms with Gasteiger partial charge in [0.05, 0.1) is 5.56 Å². The van der Waals surface area contributed by atoms with Crippen molar-refractivity contribution < 1.29 is 27.5 Å². The van der Waals surface area contributed by atoms with E-state index in [1.54, 1.807) is 4.90 Å². The zero-order valence-corrected chi connectivity index (χ0v) is 13.1. The number of likely N-dealkylation sites (tertiary alicyclic amines) is 1. The highest BCUT2D eigenvalue weighted by molar-refractivity contribution is 7.89. The average molecular weight is 344 g/mol. The number of amides is 1. The third-order valence-electron chi connectivity index (χ3n) is 3.54. The Kier molecular flexibility index (Phi) is 5.32. The summed E-state index contributed by atoms with van der Waals surface area (Å²) < 4.78 is 40.0. The van der Waals surface area contributed by atoms with Gasteiger partial charge in [-0.15, -0.1) is 0 Å². The molecule has 9 heteroatoms. The first-order chi connectivity index (χ1) is 10.8. The van der Waals surface area contributed by atoms with Gasteiger partial charge in [0.1, 0.15) is 10.7 Å². The van der Waals surface area contributed by atoms with Crippen molar-refractivity contribution in [3.63, 3.8) is 0 Å². The van der Waals surface area contributed by atoms with Crippen molar-refractivity contribution in [3.8, 4) is 0 Å². The van der Waals surface area contributed by atoms with Crippen molar-refractivity contribution in [1.29, 1.82) is 0 Å². The summed E-state index contributed by atoms with van der Waals surface area (Å²) in [6.07, 6.45) is 1.71. The molecular weight excluding hydrogens is 327 g/mol. The van der Waals surface area contributed by atoms with E-state index >= 15 is 0 Å². The second kappa shape index (κ2) is 7.05. The number of nitrogens with zero attached hydrogens (tertiary/aromatic N) is 1. The van der Waals surface area contributed by atoms with Crippen molar-refractivity contribution >= 4 is 21.9 Å². The molecule has 1 heterocycles. The number of benzene rings is 1. The summed E-state index contributed by atoms with van der Waals surface area (Å²) in [5, 5.41) is 8.85. The molecule has 1 aromatic carbocycles. The fourth-order valence-electron chi connectivity index (χ4n) is 2.34. The Labute approximate surface area is 133 Å². The number of sulfonamides is 1. The van der Waals surface area contributed by atoms with Gasteiger partial charge in [-0.25, -0.2) is 22.3 Å². The maximum absolute atomic E-state index is 13.7. The fraction of sp³-hybridized carbons (Fsp3) is 0.429. The van der Waals surface area contributed by atoms with E-state index in [2.05, 4.69) is 4.72 Å². The molecule has 7 nitrogen and oxygen atoms in total. The molecule has 1 saturated heterocycles. The van der Waals surface area contributed by atoms with Crippen molar-refractivity contribution in [1.82, 2.24) is 9.62 Å². The number of halogens is 1. The van der Waals surface area contributed by atoms with Gasteiger partial charge in [0, 0.05) is 26.1 Å². The molecule has 0 radical (unpaired) electrons. The molecule has 0 aliphatic carbocycles. The van der Waals surface area contributed by atoms with Crippen LogP contribution in [-0.2, 0) is 14.8 Å². The molecule has 0 spiro atoms. The number of hydrogen-bond donors (Lipinski definition) is 2. The highest BCUT2D eigenvalue weighted by atomic mass is 32.2. The molecule has 0 atom stereocenters. The zero-order valence-electron chi connectivity index (χ0n) is 12.3. The van der Waals surface area contributed by atoms with Gasteiger partial charge in [-0.05, 0) is 31.0 Å². The Hall–Kier alpha value is -2.00. The summed E-state index contributed by atoms with van der Waals surface area (Å²) in [5.74, 6) is -2.31. The van der Waals surface area contributed by atoms with Crippen LogP contribution in [0.15, 0.2) is 23.1 Å². The van der Waals surface area contributed by atoms with E-state index in [0.717, 1.165) is 24.6 Å². The quantitative estimate of drug-likeness (QED) is 0.713. The van der Waals surface area contributed by atoms with E-state index in [4.69, 9.17) is 5.11 Å². The minimum absolute atomic E-state index is 0.0306. The fourth-order valence-corrected chi connectivity index (χ4v) is 3.51. The smallest absolute Gasteiger partial charge is 0.335 e. The van der Waals surface area contributed by atoms with Crippen LogP contribution in [0.3, 0.4) is 0 Å². The van der Waals surface area contributed by atoms with Gasteiger partial charge in [0.15, 0.2) is 0 Å². The van der Waals surface area contributed by atoms with Crippen molar-refractivity contribution in [2.45, 2.75) is 24.2 Å².